The standard InChI is InChI=1S/C24H34N4O2S/c1-17-11-13-26(14-12-17)22(29)15-27-21-10-5-4-9-20(21)25-24(27)31-16-23(30)28-18(2)7-6-8-19(28)3/h4-5,9-10,17-19H,6-8,11-16H2,1-3H3/t18-,19-/m0/s1. The zero-order chi connectivity index (χ0) is 22.0. The molecule has 2 amide bonds. The largest absolute Gasteiger partial charge is 0.341 e. The topological polar surface area (TPSA) is 58.4 Å². The van der Waals surface area contributed by atoms with Crippen molar-refractivity contribution in [3.05, 3.63) is 24.3 Å². The van der Waals surface area contributed by atoms with Crippen molar-refractivity contribution in [1.82, 2.24) is 19.4 Å². The number of aromatic nitrogens is 2. The molecule has 6 nitrogen and oxygen atoms in total. The Balaban J connectivity index is 1.50. The SMILES string of the molecule is CC1CCN(C(=O)Cn2c(SCC(=O)N3[C@@H](C)CCC[C@@H]3C)nc3ccccc32)CC1. The highest BCUT2D eigenvalue weighted by Crippen LogP contribution is 2.28. The molecule has 168 valence electrons. The van der Waals surface area contributed by atoms with Crippen LogP contribution < -0.4 is 0 Å². The van der Waals surface area contributed by atoms with E-state index in [4.69, 9.17) is 4.98 Å². The molecule has 0 saturated carbocycles. The number of amides is 2. The van der Waals surface area contributed by atoms with Crippen LogP contribution in [0.3, 0.4) is 0 Å². The number of carbonyl (C=O) groups excluding carboxylic acids is 2. The first-order chi connectivity index (χ1) is 14.9. The van der Waals surface area contributed by atoms with E-state index in [1.54, 1.807) is 0 Å². The van der Waals surface area contributed by atoms with Gasteiger partial charge < -0.3 is 14.4 Å². The number of likely N-dealkylation sites (tertiary alicyclic amines) is 2. The minimum absolute atomic E-state index is 0.140. The van der Waals surface area contributed by atoms with Gasteiger partial charge >= 0.3 is 0 Å². The average molecular weight is 443 g/mol. The van der Waals surface area contributed by atoms with Crippen molar-refractivity contribution in [2.75, 3.05) is 18.8 Å². The Kier molecular flexibility index (Phi) is 6.89. The molecule has 0 N–H and O–H groups in total. The molecule has 2 aliphatic rings. The molecule has 0 unspecified atom stereocenters. The zero-order valence-corrected chi connectivity index (χ0v) is 19.7. The Morgan fingerprint density at radius 1 is 1.00 bits per heavy atom. The Labute approximate surface area is 189 Å². The monoisotopic (exact) mass is 442 g/mol. The van der Waals surface area contributed by atoms with E-state index >= 15 is 0 Å². The van der Waals surface area contributed by atoms with E-state index in [1.165, 1.54) is 18.2 Å². The lowest BCUT2D eigenvalue weighted by atomic mass is 9.98. The predicted molar refractivity (Wildman–Crippen MR) is 125 cm³/mol. The minimum atomic E-state index is 0.140. The normalized spacial score (nSPS) is 22.8. The fraction of sp³-hybridized carbons (Fsp3) is 0.625. The maximum Gasteiger partial charge on any atom is 0.242 e. The maximum atomic E-state index is 13.0. The number of piperidine rings is 2. The van der Waals surface area contributed by atoms with E-state index in [-0.39, 0.29) is 18.4 Å². The van der Waals surface area contributed by atoms with Gasteiger partial charge in [-0.1, -0.05) is 30.8 Å². The molecular weight excluding hydrogens is 408 g/mol. The molecule has 7 heteroatoms. The second kappa shape index (κ2) is 9.63. The van der Waals surface area contributed by atoms with Crippen LogP contribution in [0, 0.1) is 5.92 Å². The predicted octanol–water partition coefficient (Wildman–Crippen LogP) is 4.18. The summed E-state index contributed by atoms with van der Waals surface area (Å²) in [6.45, 7) is 8.48. The molecule has 31 heavy (non-hydrogen) atoms. The molecular formula is C24H34N4O2S. The maximum absolute atomic E-state index is 13.0. The lowest BCUT2D eigenvalue weighted by Crippen LogP contribution is -2.48. The molecule has 0 spiro atoms. The van der Waals surface area contributed by atoms with E-state index < -0.39 is 0 Å². The fourth-order valence-electron chi connectivity index (χ4n) is 4.92. The van der Waals surface area contributed by atoms with Gasteiger partial charge in [0, 0.05) is 25.2 Å². The van der Waals surface area contributed by atoms with Crippen molar-refractivity contribution in [3.63, 3.8) is 0 Å². The van der Waals surface area contributed by atoms with Crippen LogP contribution in [0.5, 0.6) is 0 Å². The second-order valence-electron chi connectivity index (χ2n) is 9.25. The number of imidazole rings is 1. The number of benzene rings is 1. The van der Waals surface area contributed by atoms with Crippen LogP contribution >= 0.6 is 11.8 Å². The van der Waals surface area contributed by atoms with Crippen LogP contribution in [0.2, 0.25) is 0 Å². The van der Waals surface area contributed by atoms with E-state index in [0.29, 0.717) is 23.8 Å². The molecule has 2 aromatic rings. The van der Waals surface area contributed by atoms with Crippen LogP contribution in [0.4, 0.5) is 0 Å². The molecule has 0 radical (unpaired) electrons. The van der Waals surface area contributed by atoms with Crippen molar-refractivity contribution in [3.8, 4) is 0 Å². The summed E-state index contributed by atoms with van der Waals surface area (Å²) >= 11 is 1.46. The number of hydrogen-bond donors (Lipinski definition) is 0. The van der Waals surface area contributed by atoms with Crippen LogP contribution in [0.1, 0.15) is 52.9 Å². The first-order valence-electron chi connectivity index (χ1n) is 11.6. The Morgan fingerprint density at radius 2 is 1.68 bits per heavy atom. The Hall–Kier alpha value is -2.02. The second-order valence-corrected chi connectivity index (χ2v) is 10.2. The van der Waals surface area contributed by atoms with Crippen molar-refractivity contribution in [2.24, 2.45) is 5.92 Å². The highest BCUT2D eigenvalue weighted by molar-refractivity contribution is 7.99. The highest BCUT2D eigenvalue weighted by atomic mass is 32.2. The molecule has 2 saturated heterocycles. The zero-order valence-electron chi connectivity index (χ0n) is 18.9. The van der Waals surface area contributed by atoms with Crippen molar-refractivity contribution >= 4 is 34.6 Å². The summed E-state index contributed by atoms with van der Waals surface area (Å²) in [5.74, 6) is 1.35. The summed E-state index contributed by atoms with van der Waals surface area (Å²) in [4.78, 5) is 34.8. The van der Waals surface area contributed by atoms with Gasteiger partial charge in [0.15, 0.2) is 5.16 Å². The Morgan fingerprint density at radius 3 is 2.39 bits per heavy atom. The molecule has 4 rings (SSSR count). The van der Waals surface area contributed by atoms with Gasteiger partial charge in [-0.2, -0.15) is 0 Å². The number of fused-ring (bicyclic) bond motifs is 1. The van der Waals surface area contributed by atoms with E-state index in [1.807, 2.05) is 38.6 Å². The number of rotatable bonds is 5. The Bertz CT molecular complexity index is 925. The highest BCUT2D eigenvalue weighted by Gasteiger charge is 2.29. The molecule has 2 fully saturated rings. The van der Waals surface area contributed by atoms with Gasteiger partial charge in [0.1, 0.15) is 6.54 Å². The van der Waals surface area contributed by atoms with Crippen LogP contribution in [-0.4, -0.2) is 62.1 Å². The fourth-order valence-corrected chi connectivity index (χ4v) is 5.81. The third-order valence-corrected chi connectivity index (χ3v) is 7.82. The van der Waals surface area contributed by atoms with Crippen molar-refractivity contribution < 1.29 is 9.59 Å². The van der Waals surface area contributed by atoms with Gasteiger partial charge in [0.2, 0.25) is 11.8 Å². The smallest absolute Gasteiger partial charge is 0.242 e. The lowest BCUT2D eigenvalue weighted by Gasteiger charge is -2.39. The first kappa shape index (κ1) is 22.2. The third kappa shape index (κ3) is 4.92. The van der Waals surface area contributed by atoms with Crippen molar-refractivity contribution in [2.45, 2.75) is 76.7 Å². The van der Waals surface area contributed by atoms with Crippen LogP contribution in [0.15, 0.2) is 29.4 Å². The minimum Gasteiger partial charge on any atom is -0.341 e. The van der Waals surface area contributed by atoms with Gasteiger partial charge in [-0.25, -0.2) is 4.98 Å². The van der Waals surface area contributed by atoms with E-state index in [9.17, 15) is 9.59 Å². The molecule has 3 heterocycles. The summed E-state index contributed by atoms with van der Waals surface area (Å²) in [5, 5.41) is 0.755. The molecule has 0 aliphatic carbocycles. The van der Waals surface area contributed by atoms with Gasteiger partial charge in [-0.15, -0.1) is 0 Å². The first-order valence-corrected chi connectivity index (χ1v) is 12.6. The number of thioether (sulfide) groups is 1. The summed E-state index contributed by atoms with van der Waals surface area (Å²) in [6, 6.07) is 8.50. The summed E-state index contributed by atoms with van der Waals surface area (Å²) in [7, 11) is 0. The summed E-state index contributed by atoms with van der Waals surface area (Å²) in [6.07, 6.45) is 5.47. The number of para-hydroxylation sites is 2. The molecule has 1 aromatic carbocycles. The van der Waals surface area contributed by atoms with Gasteiger partial charge in [0.25, 0.3) is 0 Å². The van der Waals surface area contributed by atoms with Gasteiger partial charge in [-0.3, -0.25) is 9.59 Å². The summed E-state index contributed by atoms with van der Waals surface area (Å²) < 4.78 is 2.00. The average Bonchev–Trinajstić information content (AvgIpc) is 3.10. The number of hydrogen-bond acceptors (Lipinski definition) is 4. The number of nitrogens with zero attached hydrogens (tertiary/aromatic N) is 4. The third-order valence-electron chi connectivity index (χ3n) is 6.86. The van der Waals surface area contributed by atoms with Crippen LogP contribution in [-0.2, 0) is 16.1 Å². The van der Waals surface area contributed by atoms with E-state index in [0.717, 1.165) is 55.0 Å². The van der Waals surface area contributed by atoms with E-state index in [2.05, 4.69) is 20.8 Å². The number of carbonyl (C=O) groups is 2. The van der Waals surface area contributed by atoms with Gasteiger partial charge in [-0.05, 0) is 64.0 Å². The molecule has 2 aliphatic heterocycles. The lowest BCUT2D eigenvalue weighted by molar-refractivity contribution is -0.134. The molecule has 1 aromatic heterocycles. The molecule has 0 bridgehead atoms. The van der Waals surface area contributed by atoms with Gasteiger partial charge in [0.05, 0.1) is 16.8 Å². The van der Waals surface area contributed by atoms with Crippen molar-refractivity contribution in [1.29, 1.82) is 0 Å². The quantitative estimate of drug-likeness (QED) is 0.652. The molecule has 2 atom stereocenters. The summed E-state index contributed by atoms with van der Waals surface area (Å²) in [5.41, 5.74) is 1.83. The van der Waals surface area contributed by atoms with Crippen LogP contribution in [0.25, 0.3) is 11.0 Å².